The van der Waals surface area contributed by atoms with E-state index in [2.05, 4.69) is 41.3 Å². The summed E-state index contributed by atoms with van der Waals surface area (Å²) in [6.45, 7) is 7.89. The number of likely N-dealkylation sites (tertiary alicyclic amines) is 1. The molecule has 1 aliphatic heterocycles. The first kappa shape index (κ1) is 14.9. The number of halogens is 1. The van der Waals surface area contributed by atoms with E-state index in [4.69, 9.17) is 4.74 Å². The van der Waals surface area contributed by atoms with Gasteiger partial charge >= 0.3 is 0 Å². The van der Waals surface area contributed by atoms with Gasteiger partial charge < -0.3 is 9.84 Å². The van der Waals surface area contributed by atoms with Gasteiger partial charge in [-0.2, -0.15) is 0 Å². The normalized spacial score (nSPS) is 24.4. The Hall–Kier alpha value is -0.490. The first-order valence-corrected chi connectivity index (χ1v) is 7.85. The molecule has 2 rings (SSSR count). The summed E-state index contributed by atoms with van der Waals surface area (Å²) in [7, 11) is 1.60. The fourth-order valence-corrected chi connectivity index (χ4v) is 3.72. The average molecular weight is 375 g/mol. The van der Waals surface area contributed by atoms with Crippen molar-refractivity contribution in [1.82, 2.24) is 4.90 Å². The highest BCUT2D eigenvalue weighted by Crippen LogP contribution is 2.33. The van der Waals surface area contributed by atoms with Gasteiger partial charge in [-0.3, -0.25) is 4.90 Å². The van der Waals surface area contributed by atoms with Gasteiger partial charge in [-0.25, -0.2) is 0 Å². The molecule has 1 fully saturated rings. The molecule has 1 N–H and O–H groups in total. The zero-order chi connectivity index (χ0) is 14.0. The molecule has 0 radical (unpaired) electrons. The molecule has 1 saturated heterocycles. The van der Waals surface area contributed by atoms with Crippen molar-refractivity contribution in [1.29, 1.82) is 0 Å². The van der Waals surface area contributed by atoms with E-state index in [-0.39, 0.29) is 5.75 Å². The van der Waals surface area contributed by atoms with Crippen molar-refractivity contribution < 1.29 is 9.84 Å². The van der Waals surface area contributed by atoms with Crippen LogP contribution in [-0.2, 0) is 6.54 Å². The van der Waals surface area contributed by atoms with Gasteiger partial charge in [0.05, 0.1) is 10.7 Å². The highest BCUT2D eigenvalue weighted by Gasteiger charge is 2.22. The minimum atomic E-state index is 0.243. The number of phenols is 1. The topological polar surface area (TPSA) is 32.7 Å². The van der Waals surface area contributed by atoms with Crippen LogP contribution in [0.5, 0.6) is 11.5 Å². The van der Waals surface area contributed by atoms with Crippen LogP contribution < -0.4 is 4.74 Å². The number of rotatable bonds is 3. The van der Waals surface area contributed by atoms with Crippen LogP contribution in [0.3, 0.4) is 0 Å². The molecule has 1 heterocycles. The van der Waals surface area contributed by atoms with Crippen LogP contribution >= 0.6 is 22.6 Å². The number of phenolic OH excluding ortho intramolecular Hbond substituents is 1. The van der Waals surface area contributed by atoms with Crippen LogP contribution in [0.25, 0.3) is 0 Å². The molecule has 1 aromatic carbocycles. The average Bonchev–Trinajstić information content (AvgIpc) is 2.32. The van der Waals surface area contributed by atoms with Crippen LogP contribution in [0.4, 0.5) is 0 Å². The molecule has 0 amide bonds. The summed E-state index contributed by atoms with van der Waals surface area (Å²) in [5.41, 5.74) is 1.21. The molecule has 3 nitrogen and oxygen atoms in total. The molecule has 1 aliphatic rings. The third kappa shape index (κ3) is 3.75. The molecule has 19 heavy (non-hydrogen) atoms. The lowest BCUT2D eigenvalue weighted by atomic mass is 9.91. The Labute approximate surface area is 129 Å². The summed E-state index contributed by atoms with van der Waals surface area (Å²) < 4.78 is 6.08. The van der Waals surface area contributed by atoms with Crippen molar-refractivity contribution in [3.05, 3.63) is 21.3 Å². The number of methoxy groups -OCH3 is 1. The summed E-state index contributed by atoms with van der Waals surface area (Å²) in [6, 6.07) is 3.99. The molecular formula is C15H22INO2. The molecule has 0 aromatic heterocycles. The van der Waals surface area contributed by atoms with E-state index in [1.165, 1.54) is 12.0 Å². The lowest BCUT2D eigenvalue weighted by Gasteiger charge is -2.35. The Bertz CT molecular complexity index is 440. The van der Waals surface area contributed by atoms with Crippen molar-refractivity contribution in [3.63, 3.8) is 0 Å². The minimum absolute atomic E-state index is 0.243. The first-order valence-electron chi connectivity index (χ1n) is 6.77. The Morgan fingerprint density at radius 1 is 1.32 bits per heavy atom. The zero-order valence-electron chi connectivity index (χ0n) is 11.8. The minimum Gasteiger partial charge on any atom is -0.504 e. The first-order chi connectivity index (χ1) is 8.99. The molecule has 0 bridgehead atoms. The van der Waals surface area contributed by atoms with E-state index in [9.17, 15) is 5.11 Å². The number of piperidine rings is 1. The smallest absolute Gasteiger partial charge is 0.171 e. The van der Waals surface area contributed by atoms with Crippen molar-refractivity contribution in [3.8, 4) is 11.5 Å². The predicted molar refractivity (Wildman–Crippen MR) is 85.6 cm³/mol. The molecule has 4 heteroatoms. The van der Waals surface area contributed by atoms with Gasteiger partial charge in [-0.05, 0) is 58.5 Å². The number of aromatic hydroxyl groups is 1. The maximum atomic E-state index is 9.87. The van der Waals surface area contributed by atoms with Gasteiger partial charge in [0, 0.05) is 19.6 Å². The lowest BCUT2D eigenvalue weighted by molar-refractivity contribution is 0.134. The standard InChI is InChI=1S/C15H22INO2/c1-10-4-11(2)8-17(7-10)9-12-5-13(16)15(18)14(6-12)19-3/h5-6,10-11,18H,4,7-9H2,1-3H3/t10-,11+. The number of benzene rings is 1. The number of nitrogens with zero attached hydrogens (tertiary/aromatic N) is 1. The summed E-state index contributed by atoms with van der Waals surface area (Å²) in [5, 5.41) is 9.87. The van der Waals surface area contributed by atoms with Crippen LogP contribution in [0, 0.1) is 15.4 Å². The summed E-state index contributed by atoms with van der Waals surface area (Å²) >= 11 is 2.15. The Kier molecular flexibility index (Phi) is 4.95. The van der Waals surface area contributed by atoms with Crippen LogP contribution in [0.1, 0.15) is 25.8 Å². The maximum absolute atomic E-state index is 9.87. The van der Waals surface area contributed by atoms with Crippen LogP contribution in [0.15, 0.2) is 12.1 Å². The van der Waals surface area contributed by atoms with Gasteiger partial charge in [0.2, 0.25) is 0 Å². The second kappa shape index (κ2) is 6.31. The highest BCUT2D eigenvalue weighted by molar-refractivity contribution is 14.1. The summed E-state index contributed by atoms with van der Waals surface area (Å²) in [4.78, 5) is 2.50. The zero-order valence-corrected chi connectivity index (χ0v) is 14.0. The molecule has 0 spiro atoms. The Morgan fingerprint density at radius 2 is 1.95 bits per heavy atom. The van der Waals surface area contributed by atoms with E-state index >= 15 is 0 Å². The van der Waals surface area contributed by atoms with Gasteiger partial charge in [-0.15, -0.1) is 0 Å². The van der Waals surface area contributed by atoms with E-state index < -0.39 is 0 Å². The highest BCUT2D eigenvalue weighted by atomic mass is 127. The lowest BCUT2D eigenvalue weighted by Crippen LogP contribution is -2.38. The molecule has 0 saturated carbocycles. The second-order valence-electron chi connectivity index (χ2n) is 5.77. The van der Waals surface area contributed by atoms with Crippen molar-refractivity contribution in [2.75, 3.05) is 20.2 Å². The van der Waals surface area contributed by atoms with Gasteiger partial charge in [0.1, 0.15) is 0 Å². The van der Waals surface area contributed by atoms with Crippen molar-refractivity contribution >= 4 is 22.6 Å². The predicted octanol–water partition coefficient (Wildman–Crippen LogP) is 3.48. The number of hydrogen-bond donors (Lipinski definition) is 1. The van der Waals surface area contributed by atoms with Crippen LogP contribution in [-0.4, -0.2) is 30.2 Å². The molecular weight excluding hydrogens is 353 g/mol. The molecule has 0 aliphatic carbocycles. The molecule has 2 atom stereocenters. The Morgan fingerprint density at radius 3 is 2.53 bits per heavy atom. The van der Waals surface area contributed by atoms with E-state index in [1.807, 2.05) is 12.1 Å². The molecule has 106 valence electrons. The number of hydrogen-bond acceptors (Lipinski definition) is 3. The fraction of sp³-hybridized carbons (Fsp3) is 0.600. The quantitative estimate of drug-likeness (QED) is 0.822. The van der Waals surface area contributed by atoms with Crippen molar-refractivity contribution in [2.24, 2.45) is 11.8 Å². The molecule has 1 aromatic rings. The SMILES string of the molecule is COc1cc(CN2C[C@H](C)C[C@H](C)C2)cc(I)c1O. The summed E-state index contributed by atoms with van der Waals surface area (Å²) in [5.74, 6) is 2.34. The van der Waals surface area contributed by atoms with Crippen LogP contribution in [0.2, 0.25) is 0 Å². The largest absolute Gasteiger partial charge is 0.504 e. The summed E-state index contributed by atoms with van der Waals surface area (Å²) in [6.07, 6.45) is 1.33. The van der Waals surface area contributed by atoms with E-state index in [0.29, 0.717) is 5.75 Å². The van der Waals surface area contributed by atoms with Crippen molar-refractivity contribution in [2.45, 2.75) is 26.8 Å². The Balaban J connectivity index is 2.12. The van der Waals surface area contributed by atoms with Gasteiger partial charge in [0.25, 0.3) is 0 Å². The third-order valence-corrected chi connectivity index (χ3v) is 4.48. The van der Waals surface area contributed by atoms with Gasteiger partial charge in [0.15, 0.2) is 11.5 Å². The fourth-order valence-electron chi connectivity index (χ4n) is 3.05. The van der Waals surface area contributed by atoms with Gasteiger partial charge in [-0.1, -0.05) is 13.8 Å². The monoisotopic (exact) mass is 375 g/mol. The van der Waals surface area contributed by atoms with E-state index in [0.717, 1.165) is 35.0 Å². The second-order valence-corrected chi connectivity index (χ2v) is 6.93. The van der Waals surface area contributed by atoms with E-state index in [1.54, 1.807) is 7.11 Å². The molecule has 0 unspecified atom stereocenters. The number of ether oxygens (including phenoxy) is 1. The maximum Gasteiger partial charge on any atom is 0.171 e. The third-order valence-electron chi connectivity index (χ3n) is 3.66.